The Morgan fingerprint density at radius 3 is 1.98 bits per heavy atom. The number of hydrogen-bond acceptors (Lipinski definition) is 4. The van der Waals surface area contributed by atoms with Gasteiger partial charge in [-0.25, -0.2) is 8.42 Å². The number of carbonyl (C=O) groups is 2. The fourth-order valence-corrected chi connectivity index (χ4v) is 6.51. The molecule has 0 aromatic heterocycles. The van der Waals surface area contributed by atoms with E-state index < -0.39 is 34.1 Å². The van der Waals surface area contributed by atoms with Crippen molar-refractivity contribution in [3.63, 3.8) is 0 Å². The van der Waals surface area contributed by atoms with Crippen LogP contribution in [0.4, 0.5) is 5.69 Å². The zero-order valence-corrected chi connectivity index (χ0v) is 28.0. The topological polar surface area (TPSA) is 86.8 Å². The van der Waals surface area contributed by atoms with E-state index in [1.54, 1.807) is 18.2 Å². The van der Waals surface area contributed by atoms with Crippen molar-refractivity contribution in [2.24, 2.45) is 0 Å². The summed E-state index contributed by atoms with van der Waals surface area (Å²) in [5, 5.41) is 3.41. The Labute approximate surface area is 275 Å². The number of carbonyl (C=O) groups excluding carboxylic acids is 2. The molecule has 1 N–H and O–H groups in total. The molecule has 0 saturated carbocycles. The fraction of sp³-hybridized carbons (Fsp3) is 0.257. The summed E-state index contributed by atoms with van der Waals surface area (Å²) in [6.07, 6.45) is 0.221. The smallest absolute Gasteiger partial charge is 0.264 e. The van der Waals surface area contributed by atoms with E-state index in [9.17, 15) is 18.0 Å². The standard InChI is InChI=1S/C35H37Cl2N3O4S/c1-25-15-17-27(18-16-25)23-39(32(34(42)38-35(2,3)4)21-26-11-7-5-8-12-26)33(41)24-40(28-19-20-30(36)31(37)22-28)45(43,44)29-13-9-6-10-14-29/h5-20,22,32H,21,23-24H2,1-4H3,(H,38,42). The third kappa shape index (κ3) is 9.10. The van der Waals surface area contributed by atoms with Crippen LogP contribution in [0.5, 0.6) is 0 Å². The summed E-state index contributed by atoms with van der Waals surface area (Å²) < 4.78 is 29.1. The van der Waals surface area contributed by atoms with Crippen molar-refractivity contribution in [1.29, 1.82) is 0 Å². The molecule has 1 atom stereocenters. The molecule has 0 spiro atoms. The number of nitrogens with zero attached hydrogens (tertiary/aromatic N) is 2. The number of rotatable bonds is 11. The zero-order valence-electron chi connectivity index (χ0n) is 25.7. The number of sulfonamides is 1. The van der Waals surface area contributed by atoms with Gasteiger partial charge in [0.2, 0.25) is 11.8 Å². The molecule has 4 aromatic rings. The average Bonchev–Trinajstić information content (AvgIpc) is 3.00. The van der Waals surface area contributed by atoms with Crippen molar-refractivity contribution in [2.45, 2.75) is 57.1 Å². The predicted molar refractivity (Wildman–Crippen MR) is 181 cm³/mol. The van der Waals surface area contributed by atoms with Crippen molar-refractivity contribution in [3.8, 4) is 0 Å². The molecule has 0 saturated heterocycles. The van der Waals surface area contributed by atoms with Gasteiger partial charge in [-0.2, -0.15) is 0 Å². The second kappa shape index (κ2) is 14.5. The van der Waals surface area contributed by atoms with E-state index in [1.807, 2.05) is 82.3 Å². The Hall–Kier alpha value is -3.85. The van der Waals surface area contributed by atoms with E-state index in [4.69, 9.17) is 23.2 Å². The first-order valence-corrected chi connectivity index (χ1v) is 16.7. The number of aryl methyl sites for hydroxylation is 1. The molecule has 0 aliphatic heterocycles. The van der Waals surface area contributed by atoms with Gasteiger partial charge in [0.05, 0.1) is 20.6 Å². The Morgan fingerprint density at radius 2 is 1.40 bits per heavy atom. The minimum atomic E-state index is -4.24. The molecule has 236 valence electrons. The lowest BCUT2D eigenvalue weighted by Crippen LogP contribution is -2.56. The maximum atomic E-state index is 14.5. The first kappa shape index (κ1) is 34.0. The highest BCUT2D eigenvalue weighted by Gasteiger charge is 2.35. The second-order valence-corrected chi connectivity index (χ2v) is 14.6. The van der Waals surface area contributed by atoms with Crippen LogP contribution in [-0.2, 0) is 32.6 Å². The first-order chi connectivity index (χ1) is 21.2. The van der Waals surface area contributed by atoms with E-state index >= 15 is 0 Å². The molecule has 10 heteroatoms. The molecule has 0 heterocycles. The molecule has 4 aromatic carbocycles. The number of hydrogen-bond donors (Lipinski definition) is 1. The molecule has 2 amide bonds. The lowest BCUT2D eigenvalue weighted by Gasteiger charge is -2.35. The van der Waals surface area contributed by atoms with Crippen molar-refractivity contribution in [3.05, 3.63) is 130 Å². The van der Waals surface area contributed by atoms with Crippen molar-refractivity contribution in [1.82, 2.24) is 10.2 Å². The summed E-state index contributed by atoms with van der Waals surface area (Å²) in [7, 11) is -4.24. The first-order valence-electron chi connectivity index (χ1n) is 14.5. The summed E-state index contributed by atoms with van der Waals surface area (Å²) in [6.45, 7) is 7.06. The highest BCUT2D eigenvalue weighted by molar-refractivity contribution is 7.92. The lowest BCUT2D eigenvalue weighted by molar-refractivity contribution is -0.140. The molecule has 1 unspecified atom stereocenters. The molecule has 7 nitrogen and oxygen atoms in total. The molecular formula is C35H37Cl2N3O4S. The molecule has 0 aliphatic carbocycles. The van der Waals surface area contributed by atoms with Crippen LogP contribution in [-0.4, -0.2) is 43.3 Å². The van der Waals surface area contributed by atoms with Gasteiger partial charge in [0.1, 0.15) is 12.6 Å². The van der Waals surface area contributed by atoms with Gasteiger partial charge < -0.3 is 10.2 Å². The van der Waals surface area contributed by atoms with Crippen LogP contribution in [0.1, 0.15) is 37.5 Å². The Balaban J connectivity index is 1.82. The van der Waals surface area contributed by atoms with Gasteiger partial charge in [-0.1, -0.05) is 102 Å². The summed E-state index contributed by atoms with van der Waals surface area (Å²) in [6, 6.07) is 28.4. The van der Waals surface area contributed by atoms with Crippen LogP contribution >= 0.6 is 23.2 Å². The number of amides is 2. The van der Waals surface area contributed by atoms with Crippen molar-refractivity contribution >= 4 is 50.7 Å². The van der Waals surface area contributed by atoms with Gasteiger partial charge in [0.15, 0.2) is 0 Å². The lowest BCUT2D eigenvalue weighted by atomic mass is 10.0. The van der Waals surface area contributed by atoms with Crippen molar-refractivity contribution < 1.29 is 18.0 Å². The van der Waals surface area contributed by atoms with Gasteiger partial charge in [-0.3, -0.25) is 13.9 Å². The SMILES string of the molecule is Cc1ccc(CN(C(=O)CN(c2ccc(Cl)c(Cl)c2)S(=O)(=O)c2ccccc2)C(Cc2ccccc2)C(=O)NC(C)(C)C)cc1. The Morgan fingerprint density at radius 1 is 0.800 bits per heavy atom. The normalized spacial score (nSPS) is 12.3. The third-order valence-corrected chi connectivity index (χ3v) is 9.57. The monoisotopic (exact) mass is 665 g/mol. The summed E-state index contributed by atoms with van der Waals surface area (Å²) in [5.41, 5.74) is 2.28. The van der Waals surface area contributed by atoms with Crippen LogP contribution in [0, 0.1) is 6.92 Å². The quantitative estimate of drug-likeness (QED) is 0.186. The van der Waals surface area contributed by atoms with E-state index in [0.29, 0.717) is 0 Å². The second-order valence-electron chi connectivity index (χ2n) is 11.9. The average molecular weight is 667 g/mol. The van der Waals surface area contributed by atoms with E-state index in [-0.39, 0.29) is 39.5 Å². The minimum absolute atomic E-state index is 0.000248. The van der Waals surface area contributed by atoms with Crippen LogP contribution in [0.2, 0.25) is 10.0 Å². The number of nitrogens with one attached hydrogen (secondary N) is 1. The van der Waals surface area contributed by atoms with E-state index in [2.05, 4.69) is 5.32 Å². The fourth-order valence-electron chi connectivity index (χ4n) is 4.79. The maximum absolute atomic E-state index is 14.5. The number of halogens is 2. The van der Waals surface area contributed by atoms with Gasteiger partial charge in [0, 0.05) is 18.5 Å². The maximum Gasteiger partial charge on any atom is 0.264 e. The van der Waals surface area contributed by atoms with E-state index in [0.717, 1.165) is 21.0 Å². The number of anilines is 1. The molecule has 0 radical (unpaired) electrons. The summed E-state index contributed by atoms with van der Waals surface area (Å²) in [5.74, 6) is -0.912. The predicted octanol–water partition coefficient (Wildman–Crippen LogP) is 7.05. The van der Waals surface area contributed by atoms with E-state index in [1.165, 1.54) is 35.2 Å². The van der Waals surface area contributed by atoms with Crippen LogP contribution in [0.25, 0.3) is 0 Å². The molecule has 0 aliphatic rings. The summed E-state index contributed by atoms with van der Waals surface area (Å²) >= 11 is 12.5. The van der Waals surface area contributed by atoms with Gasteiger partial charge in [-0.15, -0.1) is 0 Å². The van der Waals surface area contributed by atoms with Crippen LogP contribution < -0.4 is 9.62 Å². The summed E-state index contributed by atoms with van der Waals surface area (Å²) in [4.78, 5) is 29.9. The molecule has 4 rings (SSSR count). The largest absolute Gasteiger partial charge is 0.350 e. The number of benzene rings is 4. The van der Waals surface area contributed by atoms with Crippen LogP contribution in [0.15, 0.2) is 108 Å². The Kier molecular flexibility index (Phi) is 11.0. The minimum Gasteiger partial charge on any atom is -0.350 e. The van der Waals surface area contributed by atoms with Crippen molar-refractivity contribution in [2.75, 3.05) is 10.8 Å². The van der Waals surface area contributed by atoms with Gasteiger partial charge >= 0.3 is 0 Å². The third-order valence-electron chi connectivity index (χ3n) is 7.04. The van der Waals surface area contributed by atoms with Gasteiger partial charge in [-0.05, 0) is 69.2 Å². The molecular weight excluding hydrogens is 629 g/mol. The highest BCUT2D eigenvalue weighted by atomic mass is 35.5. The van der Waals surface area contributed by atoms with Crippen LogP contribution in [0.3, 0.4) is 0 Å². The Bertz CT molecular complexity index is 1730. The molecule has 45 heavy (non-hydrogen) atoms. The van der Waals surface area contributed by atoms with Gasteiger partial charge in [0.25, 0.3) is 10.0 Å². The molecule has 0 bridgehead atoms. The highest BCUT2D eigenvalue weighted by Crippen LogP contribution is 2.31. The molecule has 0 fully saturated rings. The zero-order chi connectivity index (χ0) is 32.8.